The Labute approximate surface area is 106 Å². The van der Waals surface area contributed by atoms with Gasteiger partial charge in [0.25, 0.3) is 11.6 Å². The van der Waals surface area contributed by atoms with Gasteiger partial charge in [-0.3, -0.25) is 20.2 Å². The Morgan fingerprint density at radius 1 is 1.53 bits per heavy atom. The number of carbonyl (C=O) groups excluding carboxylic acids is 1. The van der Waals surface area contributed by atoms with Crippen LogP contribution in [0.15, 0.2) is 28.9 Å². The quantitative estimate of drug-likeness (QED) is 0.644. The van der Waals surface area contributed by atoms with Crippen molar-refractivity contribution in [2.24, 2.45) is 0 Å². The largest absolute Gasteiger partial charge is 0.508 e. The van der Waals surface area contributed by atoms with E-state index in [1.54, 1.807) is 6.92 Å². The number of oxazole rings is 1. The van der Waals surface area contributed by atoms with Gasteiger partial charge in [-0.2, -0.15) is 4.98 Å². The zero-order valence-electron chi connectivity index (χ0n) is 9.78. The van der Waals surface area contributed by atoms with Crippen LogP contribution in [0.1, 0.15) is 16.1 Å². The first-order valence-corrected chi connectivity index (χ1v) is 5.18. The van der Waals surface area contributed by atoms with E-state index < -0.39 is 16.5 Å². The van der Waals surface area contributed by atoms with Crippen LogP contribution >= 0.6 is 0 Å². The summed E-state index contributed by atoms with van der Waals surface area (Å²) in [7, 11) is 0. The van der Waals surface area contributed by atoms with Gasteiger partial charge in [0.1, 0.15) is 17.6 Å². The molecule has 2 rings (SSSR count). The van der Waals surface area contributed by atoms with Gasteiger partial charge in [0.15, 0.2) is 0 Å². The maximum Gasteiger partial charge on any atom is 0.301 e. The summed E-state index contributed by atoms with van der Waals surface area (Å²) in [5.74, 6) is -1.04. The van der Waals surface area contributed by atoms with Crippen LogP contribution in [0, 0.1) is 17.0 Å². The first kappa shape index (κ1) is 12.6. The highest BCUT2D eigenvalue weighted by Gasteiger charge is 2.21. The van der Waals surface area contributed by atoms with E-state index >= 15 is 0 Å². The fraction of sp³-hybridized carbons (Fsp3) is 0.0909. The van der Waals surface area contributed by atoms with E-state index in [-0.39, 0.29) is 17.3 Å². The number of amides is 1. The second-order valence-electron chi connectivity index (χ2n) is 3.71. The van der Waals surface area contributed by atoms with Crippen molar-refractivity contribution >= 4 is 17.6 Å². The van der Waals surface area contributed by atoms with Gasteiger partial charge in [0, 0.05) is 6.07 Å². The summed E-state index contributed by atoms with van der Waals surface area (Å²) in [6.07, 6.45) is 1.33. The predicted octanol–water partition coefficient (Wildman–Crippen LogP) is 1.85. The lowest BCUT2D eigenvalue weighted by molar-refractivity contribution is -0.385. The van der Waals surface area contributed by atoms with Crippen molar-refractivity contribution in [3.63, 3.8) is 0 Å². The smallest absolute Gasteiger partial charge is 0.301 e. The molecular formula is C11H9N3O5. The van der Waals surface area contributed by atoms with Gasteiger partial charge in [-0.15, -0.1) is 0 Å². The molecule has 1 heterocycles. The molecule has 0 radical (unpaired) electrons. The number of rotatable bonds is 3. The van der Waals surface area contributed by atoms with Gasteiger partial charge in [0.2, 0.25) is 0 Å². The van der Waals surface area contributed by atoms with Gasteiger partial charge in [0.05, 0.1) is 10.6 Å². The van der Waals surface area contributed by atoms with Gasteiger partial charge < -0.3 is 9.52 Å². The minimum atomic E-state index is -0.788. The molecule has 19 heavy (non-hydrogen) atoms. The molecule has 0 atom stereocenters. The highest BCUT2D eigenvalue weighted by Crippen LogP contribution is 2.24. The molecule has 1 aromatic heterocycles. The summed E-state index contributed by atoms with van der Waals surface area (Å²) < 4.78 is 4.91. The number of aryl methyl sites for hydroxylation is 1. The van der Waals surface area contributed by atoms with Crippen molar-refractivity contribution in [2.45, 2.75) is 6.92 Å². The van der Waals surface area contributed by atoms with Crippen LogP contribution in [0.2, 0.25) is 0 Å². The molecule has 0 bridgehead atoms. The maximum absolute atomic E-state index is 11.9. The molecule has 1 aromatic carbocycles. The second-order valence-corrected chi connectivity index (χ2v) is 3.71. The minimum Gasteiger partial charge on any atom is -0.508 e. The molecule has 0 saturated carbocycles. The Balaban J connectivity index is 2.32. The number of phenols is 1. The topological polar surface area (TPSA) is 119 Å². The lowest BCUT2D eigenvalue weighted by atomic mass is 10.1. The number of hydrogen-bond acceptors (Lipinski definition) is 6. The Morgan fingerprint density at radius 3 is 2.84 bits per heavy atom. The number of nitrogens with one attached hydrogen (secondary N) is 1. The van der Waals surface area contributed by atoms with Gasteiger partial charge >= 0.3 is 6.01 Å². The van der Waals surface area contributed by atoms with Crippen LogP contribution in [-0.4, -0.2) is 20.9 Å². The van der Waals surface area contributed by atoms with Crippen LogP contribution in [0.4, 0.5) is 11.7 Å². The first-order valence-electron chi connectivity index (χ1n) is 5.18. The molecular weight excluding hydrogens is 254 g/mol. The molecule has 2 aromatic rings. The Hall–Kier alpha value is -2.90. The van der Waals surface area contributed by atoms with Crippen LogP contribution in [0.25, 0.3) is 0 Å². The van der Waals surface area contributed by atoms with Gasteiger partial charge in [-0.1, -0.05) is 0 Å². The van der Waals surface area contributed by atoms with Crippen LogP contribution in [0.3, 0.4) is 0 Å². The number of carbonyl (C=O) groups is 1. The van der Waals surface area contributed by atoms with Crippen molar-refractivity contribution in [3.05, 3.63) is 45.8 Å². The number of aromatic nitrogens is 1. The SMILES string of the molecule is Cc1coc(NC(=O)c2cc(O)ccc2[N+](=O)[O-])n1. The number of benzene rings is 1. The van der Waals surface area contributed by atoms with Gasteiger partial charge in [-0.05, 0) is 19.1 Å². The number of nitrogens with zero attached hydrogens (tertiary/aromatic N) is 2. The van der Waals surface area contributed by atoms with E-state index in [1.165, 1.54) is 6.26 Å². The van der Waals surface area contributed by atoms with Crippen LogP contribution in [-0.2, 0) is 0 Å². The molecule has 0 aliphatic heterocycles. The monoisotopic (exact) mass is 263 g/mol. The molecule has 2 N–H and O–H groups in total. The number of anilines is 1. The molecule has 0 saturated heterocycles. The molecule has 98 valence electrons. The molecule has 1 amide bonds. The standard InChI is InChI=1S/C11H9N3O5/c1-6-5-19-11(12-6)13-10(16)8-4-7(15)2-3-9(8)14(17)18/h2-5,15H,1H3,(H,12,13,16). The van der Waals surface area contributed by atoms with Gasteiger partial charge in [-0.25, -0.2) is 0 Å². The molecule has 0 fully saturated rings. The van der Waals surface area contributed by atoms with E-state index in [9.17, 15) is 20.0 Å². The van der Waals surface area contributed by atoms with Crippen LogP contribution in [0.5, 0.6) is 5.75 Å². The summed E-state index contributed by atoms with van der Waals surface area (Å²) in [6.45, 7) is 1.66. The van der Waals surface area contributed by atoms with E-state index in [0.717, 1.165) is 18.2 Å². The predicted molar refractivity (Wildman–Crippen MR) is 64.0 cm³/mol. The van der Waals surface area contributed by atoms with Crippen LogP contribution < -0.4 is 5.32 Å². The zero-order chi connectivity index (χ0) is 14.0. The van der Waals surface area contributed by atoms with E-state index in [0.29, 0.717) is 5.69 Å². The molecule has 0 spiro atoms. The number of hydrogen-bond donors (Lipinski definition) is 2. The van der Waals surface area contributed by atoms with E-state index in [1.807, 2.05) is 0 Å². The van der Waals surface area contributed by atoms with Crippen molar-refractivity contribution in [1.82, 2.24) is 4.98 Å². The molecule has 8 heteroatoms. The third-order valence-electron chi connectivity index (χ3n) is 2.26. The second kappa shape index (κ2) is 4.77. The maximum atomic E-state index is 11.9. The highest BCUT2D eigenvalue weighted by atomic mass is 16.6. The number of nitro groups is 1. The third-order valence-corrected chi connectivity index (χ3v) is 2.26. The highest BCUT2D eigenvalue weighted by molar-refractivity contribution is 6.06. The summed E-state index contributed by atoms with van der Waals surface area (Å²) in [5.41, 5.74) is -0.139. The summed E-state index contributed by atoms with van der Waals surface area (Å²) in [6, 6.07) is 3.11. The average Bonchev–Trinajstić information content (AvgIpc) is 2.74. The molecule has 0 unspecified atom stereocenters. The fourth-order valence-electron chi connectivity index (χ4n) is 1.44. The average molecular weight is 263 g/mol. The molecule has 0 aliphatic rings. The zero-order valence-corrected chi connectivity index (χ0v) is 9.78. The molecule has 8 nitrogen and oxygen atoms in total. The minimum absolute atomic E-state index is 0.0693. The third kappa shape index (κ3) is 2.68. The normalized spacial score (nSPS) is 10.2. The van der Waals surface area contributed by atoms with Crippen molar-refractivity contribution in [2.75, 3.05) is 5.32 Å². The lowest BCUT2D eigenvalue weighted by Gasteiger charge is -2.03. The Bertz CT molecular complexity index is 650. The summed E-state index contributed by atoms with van der Waals surface area (Å²) >= 11 is 0. The molecule has 0 aliphatic carbocycles. The van der Waals surface area contributed by atoms with Crippen molar-refractivity contribution in [3.8, 4) is 5.75 Å². The van der Waals surface area contributed by atoms with E-state index in [4.69, 9.17) is 4.42 Å². The first-order chi connectivity index (χ1) is 8.97. The number of nitro benzene ring substituents is 1. The Morgan fingerprint density at radius 2 is 2.26 bits per heavy atom. The Kier molecular flexibility index (Phi) is 3.15. The van der Waals surface area contributed by atoms with Crippen molar-refractivity contribution < 1.29 is 19.2 Å². The fourth-order valence-corrected chi connectivity index (χ4v) is 1.44. The lowest BCUT2D eigenvalue weighted by Crippen LogP contribution is -2.14. The number of aromatic hydroxyl groups is 1. The van der Waals surface area contributed by atoms with E-state index in [2.05, 4.69) is 10.3 Å². The summed E-state index contributed by atoms with van der Waals surface area (Å²) in [4.78, 5) is 25.8. The summed E-state index contributed by atoms with van der Waals surface area (Å²) in [5, 5.41) is 22.4. The number of phenolic OH excluding ortho intramolecular Hbond substituents is 1. The van der Waals surface area contributed by atoms with Crippen molar-refractivity contribution in [1.29, 1.82) is 0 Å².